The number of nitrogens with one attached hydrogen (secondary N) is 2. The van der Waals surface area contributed by atoms with Crippen LogP contribution in [0.1, 0.15) is 28.1 Å². The first-order chi connectivity index (χ1) is 26.2. The SMILES string of the molecule is Cc1cccc[n+]1CC1=C(C(=O)[O-])N2C(=O)C(NC(=O)C(=NOC(F)F)c3csc(NC(c4ccccc4)(c4ccccc4)c4ccccc4)n3)[C@H]2SC1. The second-order valence-electron chi connectivity index (χ2n) is 12.4. The molecule has 2 N–H and O–H groups in total. The van der Waals surface area contributed by atoms with Crippen molar-refractivity contribution in [2.45, 2.75) is 37.0 Å². The summed E-state index contributed by atoms with van der Waals surface area (Å²) in [5.74, 6) is -2.98. The lowest BCUT2D eigenvalue weighted by Crippen LogP contribution is -2.71. The van der Waals surface area contributed by atoms with Crippen molar-refractivity contribution in [2.24, 2.45) is 5.16 Å². The summed E-state index contributed by atoms with van der Waals surface area (Å²) in [6, 6.07) is 33.5. The highest BCUT2D eigenvalue weighted by Crippen LogP contribution is 2.42. The fourth-order valence-electron chi connectivity index (χ4n) is 6.63. The Morgan fingerprint density at radius 1 is 0.981 bits per heavy atom. The first-order valence-corrected chi connectivity index (χ1v) is 18.7. The van der Waals surface area contributed by atoms with Crippen LogP contribution in [0.5, 0.6) is 0 Å². The lowest BCUT2D eigenvalue weighted by molar-refractivity contribution is -0.695. The average molecular weight is 767 g/mol. The summed E-state index contributed by atoms with van der Waals surface area (Å²) in [4.78, 5) is 49.5. The summed E-state index contributed by atoms with van der Waals surface area (Å²) in [6.07, 6.45) is 1.81. The molecule has 11 nitrogen and oxygen atoms in total. The van der Waals surface area contributed by atoms with Crippen molar-refractivity contribution in [3.8, 4) is 0 Å². The van der Waals surface area contributed by atoms with Gasteiger partial charge < -0.3 is 25.4 Å². The number of hydrogen-bond donors (Lipinski definition) is 2. The molecule has 4 heterocycles. The van der Waals surface area contributed by atoms with E-state index in [1.54, 1.807) is 6.20 Å². The molecule has 54 heavy (non-hydrogen) atoms. The number of hydrogen-bond acceptors (Lipinski definition) is 10. The lowest BCUT2D eigenvalue weighted by atomic mass is 9.77. The molecule has 2 amide bonds. The zero-order valence-corrected chi connectivity index (χ0v) is 30.2. The second-order valence-corrected chi connectivity index (χ2v) is 14.4. The maximum Gasteiger partial charge on any atom is 0.407 e. The minimum Gasteiger partial charge on any atom is -0.543 e. The highest BCUT2D eigenvalue weighted by atomic mass is 32.2. The van der Waals surface area contributed by atoms with E-state index in [-0.39, 0.29) is 23.7 Å². The number of thioether (sulfide) groups is 1. The molecule has 274 valence electrons. The smallest absolute Gasteiger partial charge is 0.407 e. The summed E-state index contributed by atoms with van der Waals surface area (Å²) in [7, 11) is 0. The number of benzene rings is 3. The van der Waals surface area contributed by atoms with Gasteiger partial charge in [0.2, 0.25) is 0 Å². The monoisotopic (exact) mass is 766 g/mol. The number of aliphatic carboxylic acids is 1. The summed E-state index contributed by atoms with van der Waals surface area (Å²) in [5.41, 5.74) is 2.11. The van der Waals surface area contributed by atoms with Gasteiger partial charge in [-0.05, 0) is 16.7 Å². The van der Waals surface area contributed by atoms with E-state index in [0.29, 0.717) is 10.7 Å². The summed E-state index contributed by atoms with van der Waals surface area (Å²) >= 11 is 2.38. The van der Waals surface area contributed by atoms with Gasteiger partial charge in [0.05, 0.1) is 11.7 Å². The van der Waals surface area contributed by atoms with Crippen molar-refractivity contribution < 1.29 is 37.7 Å². The predicted octanol–water partition coefficient (Wildman–Crippen LogP) is 4.19. The molecular weight excluding hydrogens is 735 g/mol. The molecule has 1 fully saturated rings. The van der Waals surface area contributed by atoms with Crippen molar-refractivity contribution in [1.29, 1.82) is 0 Å². The number of alkyl halides is 2. The molecule has 7 rings (SSSR count). The number of carbonyl (C=O) groups is 3. The number of rotatable bonds is 13. The molecule has 15 heteroatoms. The number of aryl methyl sites for hydroxylation is 1. The number of aromatic nitrogens is 2. The van der Waals surface area contributed by atoms with E-state index in [9.17, 15) is 28.3 Å². The number of carboxylic acids is 1. The fourth-order valence-corrected chi connectivity index (χ4v) is 8.71. The van der Waals surface area contributed by atoms with Crippen LogP contribution in [0.2, 0.25) is 0 Å². The molecule has 0 aliphatic carbocycles. The molecule has 0 spiro atoms. The van der Waals surface area contributed by atoms with Crippen LogP contribution in [-0.4, -0.2) is 57.2 Å². The number of fused-ring (bicyclic) bond motifs is 1. The van der Waals surface area contributed by atoms with E-state index in [1.165, 1.54) is 17.1 Å². The number of halogens is 2. The third-order valence-electron chi connectivity index (χ3n) is 9.16. The van der Waals surface area contributed by atoms with E-state index < -0.39 is 47.1 Å². The Balaban J connectivity index is 1.17. The van der Waals surface area contributed by atoms with Crippen molar-refractivity contribution in [1.82, 2.24) is 15.2 Å². The maximum atomic E-state index is 13.8. The molecular formula is C39H32F2N6O5S2. The van der Waals surface area contributed by atoms with Gasteiger partial charge in [0.15, 0.2) is 29.3 Å². The van der Waals surface area contributed by atoms with Crippen LogP contribution in [0, 0.1) is 6.92 Å². The summed E-state index contributed by atoms with van der Waals surface area (Å²) in [5, 5.41) is 22.9. The zero-order chi connectivity index (χ0) is 37.8. The number of carbonyl (C=O) groups excluding carboxylic acids is 3. The Morgan fingerprint density at radius 2 is 1.57 bits per heavy atom. The van der Waals surface area contributed by atoms with Crippen molar-refractivity contribution >= 4 is 51.7 Å². The van der Waals surface area contributed by atoms with Gasteiger partial charge in [-0.1, -0.05) is 102 Å². The number of nitrogens with zero attached hydrogens (tertiary/aromatic N) is 4. The standard InChI is InChI=1S/C39H32F2N6O5S2/c1-24-13-11-12-20-46(24)21-25-22-53-35-31(34(49)47(35)32(25)36(50)51)43-33(48)30(45-52-37(40)41)29-23-54-38(42-29)44-39(26-14-5-2-6-15-26,27-16-7-3-8-17-27)28-18-9-4-10-19-28/h2-20,23,31,35,37H,21-22H2,1H3,(H2-,42,43,44,48,50,51)/t31?,35-/m1/s1. The van der Waals surface area contributed by atoms with Gasteiger partial charge in [0.1, 0.15) is 22.6 Å². The van der Waals surface area contributed by atoms with Crippen LogP contribution in [0.4, 0.5) is 13.9 Å². The number of amides is 2. The van der Waals surface area contributed by atoms with Crippen molar-refractivity contribution in [2.75, 3.05) is 11.1 Å². The number of carboxylic acid groups (broad SMARTS) is 1. The number of thiazole rings is 1. The van der Waals surface area contributed by atoms with Crippen LogP contribution < -0.4 is 20.3 Å². The Kier molecular flexibility index (Phi) is 10.5. The normalized spacial score (nSPS) is 17.1. The van der Waals surface area contributed by atoms with Crippen molar-refractivity contribution in [3.05, 3.63) is 160 Å². The van der Waals surface area contributed by atoms with E-state index >= 15 is 0 Å². The Hall–Kier alpha value is -5.93. The van der Waals surface area contributed by atoms with E-state index in [1.807, 2.05) is 121 Å². The zero-order valence-electron chi connectivity index (χ0n) is 28.6. The number of pyridine rings is 1. The molecule has 0 saturated carbocycles. The third kappa shape index (κ3) is 7.07. The lowest BCUT2D eigenvalue weighted by Gasteiger charge is -2.50. The molecule has 0 bridgehead atoms. The maximum absolute atomic E-state index is 13.8. The van der Waals surface area contributed by atoms with Gasteiger partial charge in [-0.2, -0.15) is 13.3 Å². The predicted molar refractivity (Wildman–Crippen MR) is 197 cm³/mol. The second kappa shape index (κ2) is 15.6. The fraction of sp³-hybridized carbons (Fsp3) is 0.179. The topological polar surface area (TPSA) is 140 Å². The average Bonchev–Trinajstić information content (AvgIpc) is 3.65. The minimum absolute atomic E-state index is 0.0866. The third-order valence-corrected chi connectivity index (χ3v) is 11.3. The first kappa shape index (κ1) is 36.4. The van der Waals surface area contributed by atoms with Gasteiger partial charge in [-0.3, -0.25) is 14.5 Å². The van der Waals surface area contributed by atoms with Crippen LogP contribution in [0.15, 0.2) is 137 Å². The Morgan fingerprint density at radius 3 is 2.13 bits per heavy atom. The van der Waals surface area contributed by atoms with Gasteiger partial charge in [0, 0.05) is 35.8 Å². The Bertz CT molecular complexity index is 2140. The molecule has 2 aromatic heterocycles. The van der Waals surface area contributed by atoms with Crippen molar-refractivity contribution in [3.63, 3.8) is 0 Å². The molecule has 1 unspecified atom stereocenters. The summed E-state index contributed by atoms with van der Waals surface area (Å²) in [6.45, 7) is -1.25. The molecule has 3 aromatic carbocycles. The number of anilines is 1. The van der Waals surface area contributed by atoms with Crippen LogP contribution in [-0.2, 0) is 31.3 Å². The molecule has 2 atom stereocenters. The van der Waals surface area contributed by atoms with Crippen LogP contribution in [0.25, 0.3) is 0 Å². The van der Waals surface area contributed by atoms with Crippen LogP contribution >= 0.6 is 23.1 Å². The van der Waals surface area contributed by atoms with E-state index in [4.69, 9.17) is 0 Å². The van der Waals surface area contributed by atoms with Gasteiger partial charge in [-0.15, -0.1) is 23.1 Å². The number of oxime groups is 1. The van der Waals surface area contributed by atoms with Crippen LogP contribution in [0.3, 0.4) is 0 Å². The van der Waals surface area contributed by atoms with E-state index in [0.717, 1.165) is 38.6 Å². The number of β-lactam (4-membered cyclic amide) rings is 1. The minimum atomic E-state index is -3.35. The molecule has 2 aliphatic heterocycles. The molecule has 1 saturated heterocycles. The van der Waals surface area contributed by atoms with E-state index in [2.05, 4.69) is 25.6 Å². The largest absolute Gasteiger partial charge is 0.543 e. The Labute approximate surface area is 317 Å². The molecule has 2 aliphatic rings. The first-order valence-electron chi connectivity index (χ1n) is 16.7. The van der Waals surface area contributed by atoms with Gasteiger partial charge in [-0.25, -0.2) is 4.98 Å². The summed E-state index contributed by atoms with van der Waals surface area (Å²) < 4.78 is 28.5. The van der Waals surface area contributed by atoms with Gasteiger partial charge in [0.25, 0.3) is 11.8 Å². The quantitative estimate of drug-likeness (QED) is 0.0599. The highest BCUT2D eigenvalue weighted by Gasteiger charge is 2.53. The highest BCUT2D eigenvalue weighted by molar-refractivity contribution is 8.00. The molecule has 5 aromatic rings. The van der Waals surface area contributed by atoms with Gasteiger partial charge >= 0.3 is 6.61 Å². The molecule has 0 radical (unpaired) electrons.